The van der Waals surface area contributed by atoms with Crippen molar-refractivity contribution in [2.45, 2.75) is 25.9 Å². The smallest absolute Gasteiger partial charge is 0.253 e. The fourth-order valence-corrected chi connectivity index (χ4v) is 2.28. The summed E-state index contributed by atoms with van der Waals surface area (Å²) >= 11 is 0. The Hall–Kier alpha value is -1.55. The second-order valence-corrected chi connectivity index (χ2v) is 4.50. The molecule has 2 rings (SSSR count). The van der Waals surface area contributed by atoms with E-state index in [1.165, 1.54) is 6.07 Å². The zero-order valence-corrected chi connectivity index (χ0v) is 10.6. The Balaban J connectivity index is 1.95. The van der Waals surface area contributed by atoms with Crippen molar-refractivity contribution < 1.29 is 14.6 Å². The standard InChI is InChI=1S/C14H19NO3/c1-2-18-13-6-8-15(9-7-13)14(17)11-4-3-5-12(16)10-11/h3-5,10,13,16H,2,6-9H2,1H3. The molecule has 1 aliphatic heterocycles. The van der Waals surface area contributed by atoms with Gasteiger partial charge in [-0.3, -0.25) is 4.79 Å². The van der Waals surface area contributed by atoms with Gasteiger partial charge in [-0.15, -0.1) is 0 Å². The molecule has 0 unspecified atom stereocenters. The van der Waals surface area contributed by atoms with Crippen molar-refractivity contribution >= 4 is 5.91 Å². The molecule has 1 amide bonds. The van der Waals surface area contributed by atoms with E-state index in [4.69, 9.17) is 4.74 Å². The zero-order valence-electron chi connectivity index (χ0n) is 10.6. The molecule has 18 heavy (non-hydrogen) atoms. The van der Waals surface area contributed by atoms with Crippen LogP contribution >= 0.6 is 0 Å². The molecular formula is C14H19NO3. The minimum atomic E-state index is -0.0131. The average molecular weight is 249 g/mol. The quantitative estimate of drug-likeness (QED) is 0.891. The molecule has 0 aliphatic carbocycles. The van der Waals surface area contributed by atoms with Crippen molar-refractivity contribution in [1.29, 1.82) is 0 Å². The van der Waals surface area contributed by atoms with Gasteiger partial charge in [-0.25, -0.2) is 0 Å². The highest BCUT2D eigenvalue weighted by Crippen LogP contribution is 2.18. The van der Waals surface area contributed by atoms with Gasteiger partial charge in [-0.1, -0.05) is 6.07 Å². The van der Waals surface area contributed by atoms with Crippen LogP contribution < -0.4 is 0 Å². The first-order valence-electron chi connectivity index (χ1n) is 6.40. The van der Waals surface area contributed by atoms with Crippen LogP contribution in [0.5, 0.6) is 5.75 Å². The van der Waals surface area contributed by atoms with Gasteiger partial charge < -0.3 is 14.7 Å². The van der Waals surface area contributed by atoms with E-state index in [0.717, 1.165) is 32.5 Å². The van der Waals surface area contributed by atoms with Crippen LogP contribution in [0.1, 0.15) is 30.1 Å². The number of amides is 1. The van der Waals surface area contributed by atoms with Gasteiger partial charge in [-0.05, 0) is 38.0 Å². The van der Waals surface area contributed by atoms with Crippen molar-refractivity contribution in [3.63, 3.8) is 0 Å². The predicted octanol–water partition coefficient (Wildman–Crippen LogP) is 2.03. The van der Waals surface area contributed by atoms with Crippen molar-refractivity contribution in [3.05, 3.63) is 29.8 Å². The molecule has 1 saturated heterocycles. The third-order valence-electron chi connectivity index (χ3n) is 3.22. The number of nitrogens with zero attached hydrogens (tertiary/aromatic N) is 1. The maximum absolute atomic E-state index is 12.2. The van der Waals surface area contributed by atoms with E-state index >= 15 is 0 Å². The number of benzene rings is 1. The molecule has 0 aromatic heterocycles. The minimum absolute atomic E-state index is 0.0131. The number of hydrogen-bond donors (Lipinski definition) is 1. The Bertz CT molecular complexity index is 411. The number of carbonyl (C=O) groups is 1. The highest BCUT2D eigenvalue weighted by molar-refractivity contribution is 5.94. The summed E-state index contributed by atoms with van der Waals surface area (Å²) in [6.45, 7) is 4.16. The Morgan fingerprint density at radius 3 is 2.78 bits per heavy atom. The summed E-state index contributed by atoms with van der Waals surface area (Å²) in [5.41, 5.74) is 0.546. The number of ether oxygens (including phenoxy) is 1. The number of phenols is 1. The van der Waals surface area contributed by atoms with Gasteiger partial charge in [-0.2, -0.15) is 0 Å². The zero-order chi connectivity index (χ0) is 13.0. The van der Waals surface area contributed by atoms with Crippen LogP contribution in [0.4, 0.5) is 0 Å². The normalized spacial score (nSPS) is 16.8. The first-order chi connectivity index (χ1) is 8.70. The largest absolute Gasteiger partial charge is 0.508 e. The number of hydrogen-bond acceptors (Lipinski definition) is 3. The summed E-state index contributed by atoms with van der Waals surface area (Å²) in [4.78, 5) is 14.0. The molecule has 0 atom stereocenters. The van der Waals surface area contributed by atoms with E-state index in [9.17, 15) is 9.90 Å². The number of aromatic hydroxyl groups is 1. The summed E-state index contributed by atoms with van der Waals surface area (Å²) in [7, 11) is 0. The van der Waals surface area contributed by atoms with Crippen LogP contribution in [0.2, 0.25) is 0 Å². The molecule has 0 spiro atoms. The summed E-state index contributed by atoms with van der Waals surface area (Å²) in [5, 5.41) is 9.38. The van der Waals surface area contributed by atoms with E-state index in [0.29, 0.717) is 5.56 Å². The summed E-state index contributed by atoms with van der Waals surface area (Å²) in [5.74, 6) is 0.117. The van der Waals surface area contributed by atoms with Gasteiger partial charge in [0, 0.05) is 25.3 Å². The maximum Gasteiger partial charge on any atom is 0.253 e. The molecule has 0 radical (unpaired) electrons. The molecule has 4 heteroatoms. The van der Waals surface area contributed by atoms with Crippen molar-refractivity contribution in [2.24, 2.45) is 0 Å². The molecule has 1 aromatic carbocycles. The molecule has 0 bridgehead atoms. The van der Waals surface area contributed by atoms with E-state index in [2.05, 4.69) is 0 Å². The molecule has 1 heterocycles. The second-order valence-electron chi connectivity index (χ2n) is 4.50. The molecule has 1 fully saturated rings. The number of carbonyl (C=O) groups excluding carboxylic acids is 1. The molecule has 0 saturated carbocycles. The number of likely N-dealkylation sites (tertiary alicyclic amines) is 1. The van der Waals surface area contributed by atoms with Gasteiger partial charge >= 0.3 is 0 Å². The SMILES string of the molecule is CCOC1CCN(C(=O)c2cccc(O)c2)CC1. The van der Waals surface area contributed by atoms with E-state index < -0.39 is 0 Å². The Kier molecular flexibility index (Phi) is 4.20. The molecule has 1 aromatic rings. The molecule has 1 N–H and O–H groups in total. The average Bonchev–Trinajstić information content (AvgIpc) is 2.39. The predicted molar refractivity (Wildman–Crippen MR) is 68.7 cm³/mol. The molecular weight excluding hydrogens is 230 g/mol. The number of piperidine rings is 1. The Morgan fingerprint density at radius 1 is 1.44 bits per heavy atom. The van der Waals surface area contributed by atoms with Gasteiger partial charge in [0.05, 0.1) is 6.10 Å². The van der Waals surface area contributed by atoms with Gasteiger partial charge in [0.1, 0.15) is 5.75 Å². The van der Waals surface area contributed by atoms with Gasteiger partial charge in [0.25, 0.3) is 5.91 Å². The van der Waals surface area contributed by atoms with E-state index in [1.54, 1.807) is 18.2 Å². The summed E-state index contributed by atoms with van der Waals surface area (Å²) in [6, 6.07) is 6.50. The van der Waals surface area contributed by atoms with Crippen LogP contribution in [0, 0.1) is 0 Å². The van der Waals surface area contributed by atoms with Crippen LogP contribution in [0.3, 0.4) is 0 Å². The Labute approximate surface area is 107 Å². The van der Waals surface area contributed by atoms with Crippen LogP contribution in [0.25, 0.3) is 0 Å². The van der Waals surface area contributed by atoms with Crippen LogP contribution in [0.15, 0.2) is 24.3 Å². The highest BCUT2D eigenvalue weighted by atomic mass is 16.5. The topological polar surface area (TPSA) is 49.8 Å². The van der Waals surface area contributed by atoms with Crippen LogP contribution in [-0.2, 0) is 4.74 Å². The third-order valence-corrected chi connectivity index (χ3v) is 3.22. The second kappa shape index (κ2) is 5.87. The lowest BCUT2D eigenvalue weighted by Gasteiger charge is -2.31. The Morgan fingerprint density at radius 2 is 2.17 bits per heavy atom. The minimum Gasteiger partial charge on any atom is -0.508 e. The maximum atomic E-state index is 12.2. The van der Waals surface area contributed by atoms with E-state index in [-0.39, 0.29) is 17.8 Å². The van der Waals surface area contributed by atoms with Crippen molar-refractivity contribution in [1.82, 2.24) is 4.90 Å². The number of phenolic OH excluding ortho intramolecular Hbond substituents is 1. The summed E-state index contributed by atoms with van der Waals surface area (Å²) < 4.78 is 5.56. The fraction of sp³-hybridized carbons (Fsp3) is 0.500. The highest BCUT2D eigenvalue weighted by Gasteiger charge is 2.23. The lowest BCUT2D eigenvalue weighted by molar-refractivity contribution is 0.0146. The monoisotopic (exact) mass is 249 g/mol. The molecule has 1 aliphatic rings. The first kappa shape index (κ1) is 12.9. The van der Waals surface area contributed by atoms with Gasteiger partial charge in [0.15, 0.2) is 0 Å². The lowest BCUT2D eigenvalue weighted by Crippen LogP contribution is -2.40. The van der Waals surface area contributed by atoms with E-state index in [1.807, 2.05) is 11.8 Å². The number of rotatable bonds is 3. The van der Waals surface area contributed by atoms with Crippen molar-refractivity contribution in [3.8, 4) is 5.75 Å². The first-order valence-corrected chi connectivity index (χ1v) is 6.40. The van der Waals surface area contributed by atoms with Crippen molar-refractivity contribution in [2.75, 3.05) is 19.7 Å². The molecule has 4 nitrogen and oxygen atoms in total. The summed E-state index contributed by atoms with van der Waals surface area (Å²) in [6.07, 6.45) is 2.06. The lowest BCUT2D eigenvalue weighted by atomic mass is 10.1. The van der Waals surface area contributed by atoms with Gasteiger partial charge in [0.2, 0.25) is 0 Å². The fourth-order valence-electron chi connectivity index (χ4n) is 2.28. The molecule has 98 valence electrons. The van der Waals surface area contributed by atoms with Crippen LogP contribution in [-0.4, -0.2) is 41.7 Å². The third kappa shape index (κ3) is 3.01.